The van der Waals surface area contributed by atoms with Crippen molar-refractivity contribution in [3.05, 3.63) is 16.9 Å². The highest BCUT2D eigenvalue weighted by Gasteiger charge is 2.32. The molecule has 3 heterocycles. The molecule has 0 saturated carbocycles. The van der Waals surface area contributed by atoms with Crippen LogP contribution in [0.25, 0.3) is 0 Å². The molecule has 1 aromatic heterocycles. The van der Waals surface area contributed by atoms with Gasteiger partial charge in [-0.05, 0) is 40.0 Å². The minimum absolute atomic E-state index is 0.0538. The second-order valence-corrected chi connectivity index (χ2v) is 9.17. The van der Waals surface area contributed by atoms with E-state index in [1.165, 1.54) is 0 Å². The molecule has 2 saturated heterocycles. The van der Waals surface area contributed by atoms with Gasteiger partial charge in [0.1, 0.15) is 5.60 Å². The van der Waals surface area contributed by atoms with Crippen LogP contribution in [0.4, 0.5) is 10.7 Å². The topological polar surface area (TPSA) is 87.7 Å². The summed E-state index contributed by atoms with van der Waals surface area (Å²) in [5.41, 5.74) is 0.243. The first-order valence-corrected chi connectivity index (χ1v) is 10.5. The average molecular weight is 424 g/mol. The fourth-order valence-electron chi connectivity index (χ4n) is 3.73. The Morgan fingerprint density at radius 1 is 1.17 bits per heavy atom. The first-order valence-electron chi connectivity index (χ1n) is 10.1. The van der Waals surface area contributed by atoms with Crippen LogP contribution >= 0.6 is 11.6 Å². The number of piperidine rings is 1. The summed E-state index contributed by atoms with van der Waals surface area (Å²) in [7, 11) is 0. The Morgan fingerprint density at radius 2 is 1.83 bits per heavy atom. The lowest BCUT2D eigenvalue weighted by atomic mass is 10.0. The fourth-order valence-corrected chi connectivity index (χ4v) is 3.98. The van der Waals surface area contributed by atoms with Crippen LogP contribution in [0.5, 0.6) is 0 Å². The van der Waals surface area contributed by atoms with Gasteiger partial charge in [0.15, 0.2) is 0 Å². The number of hydrogen-bond donors (Lipinski definition) is 1. The minimum Gasteiger partial charge on any atom is -0.444 e. The molecular weight excluding hydrogens is 394 g/mol. The third kappa shape index (κ3) is 5.72. The monoisotopic (exact) mass is 423 g/mol. The van der Waals surface area contributed by atoms with Crippen molar-refractivity contribution in [2.24, 2.45) is 0 Å². The van der Waals surface area contributed by atoms with E-state index in [2.05, 4.69) is 15.3 Å². The number of nitrogens with zero attached hydrogens (tertiary/aromatic N) is 4. The quantitative estimate of drug-likeness (QED) is 0.802. The van der Waals surface area contributed by atoms with Crippen LogP contribution in [-0.4, -0.2) is 69.6 Å². The van der Waals surface area contributed by atoms with Crippen LogP contribution in [0, 0.1) is 0 Å². The number of likely N-dealkylation sites (tertiary alicyclic amines) is 2. The van der Waals surface area contributed by atoms with Gasteiger partial charge in [-0.3, -0.25) is 4.79 Å². The number of amides is 2. The molecule has 0 radical (unpaired) electrons. The SMILES string of the molecule is CC(=O)N1CCC(Nc2ncc(Cl)c(C3CCN(C(=O)OC(C)(C)C)C3)n2)CC1. The van der Waals surface area contributed by atoms with Crippen molar-refractivity contribution in [1.29, 1.82) is 0 Å². The van der Waals surface area contributed by atoms with Crippen molar-refractivity contribution in [2.75, 3.05) is 31.5 Å². The minimum atomic E-state index is -0.517. The number of ether oxygens (including phenoxy) is 1. The van der Waals surface area contributed by atoms with Gasteiger partial charge in [0.25, 0.3) is 0 Å². The summed E-state index contributed by atoms with van der Waals surface area (Å²) in [6, 6.07) is 0.224. The van der Waals surface area contributed by atoms with Gasteiger partial charge < -0.3 is 19.9 Å². The molecule has 1 unspecified atom stereocenters. The molecule has 0 bridgehead atoms. The lowest BCUT2D eigenvalue weighted by Gasteiger charge is -2.31. The maximum absolute atomic E-state index is 12.3. The summed E-state index contributed by atoms with van der Waals surface area (Å²) in [4.78, 5) is 36.3. The molecule has 0 aromatic carbocycles. The zero-order valence-corrected chi connectivity index (χ0v) is 18.3. The summed E-state index contributed by atoms with van der Waals surface area (Å²) in [5.74, 6) is 0.712. The van der Waals surface area contributed by atoms with Crippen molar-refractivity contribution in [3.63, 3.8) is 0 Å². The van der Waals surface area contributed by atoms with E-state index in [0.29, 0.717) is 24.1 Å². The first-order chi connectivity index (χ1) is 13.6. The van der Waals surface area contributed by atoms with Crippen LogP contribution in [0.15, 0.2) is 6.20 Å². The zero-order chi connectivity index (χ0) is 21.2. The molecule has 2 amide bonds. The van der Waals surface area contributed by atoms with Crippen LogP contribution in [0.3, 0.4) is 0 Å². The Bertz CT molecular complexity index is 759. The molecule has 2 fully saturated rings. The van der Waals surface area contributed by atoms with Crippen molar-refractivity contribution in [2.45, 2.75) is 64.5 Å². The second kappa shape index (κ2) is 8.73. The second-order valence-electron chi connectivity index (χ2n) is 8.76. The van der Waals surface area contributed by atoms with Crippen LogP contribution in [-0.2, 0) is 9.53 Å². The molecule has 1 aromatic rings. The normalized spacial score (nSPS) is 20.7. The number of halogens is 1. The Kier molecular flexibility index (Phi) is 6.51. The molecule has 0 spiro atoms. The molecule has 9 heteroatoms. The molecule has 2 aliphatic heterocycles. The number of anilines is 1. The van der Waals surface area contributed by atoms with Gasteiger partial charge in [-0.25, -0.2) is 14.8 Å². The van der Waals surface area contributed by atoms with E-state index in [-0.39, 0.29) is 24.0 Å². The Balaban J connectivity index is 1.61. The maximum Gasteiger partial charge on any atom is 0.410 e. The molecule has 160 valence electrons. The Hall–Kier alpha value is -2.09. The molecular formula is C20H30ClN5O3. The van der Waals surface area contributed by atoms with Gasteiger partial charge in [0.05, 0.1) is 16.9 Å². The first kappa shape index (κ1) is 21.6. The van der Waals surface area contributed by atoms with Crippen molar-refractivity contribution in [3.8, 4) is 0 Å². The standard InChI is InChI=1S/C20H30ClN5O3/c1-13(27)25-9-6-15(7-10-25)23-18-22-11-16(21)17(24-18)14-5-8-26(12-14)19(28)29-20(2,3)4/h11,14-15H,5-10,12H2,1-4H3,(H,22,23,24). The van der Waals surface area contributed by atoms with Gasteiger partial charge in [-0.1, -0.05) is 11.6 Å². The number of rotatable bonds is 3. The highest BCUT2D eigenvalue weighted by Crippen LogP contribution is 2.32. The Morgan fingerprint density at radius 3 is 2.45 bits per heavy atom. The van der Waals surface area contributed by atoms with Gasteiger partial charge in [0.2, 0.25) is 11.9 Å². The third-order valence-electron chi connectivity index (χ3n) is 5.27. The predicted molar refractivity (Wildman–Crippen MR) is 111 cm³/mol. The lowest BCUT2D eigenvalue weighted by Crippen LogP contribution is -2.41. The van der Waals surface area contributed by atoms with E-state index in [4.69, 9.17) is 16.3 Å². The summed E-state index contributed by atoms with van der Waals surface area (Å²) in [5, 5.41) is 3.88. The van der Waals surface area contributed by atoms with Crippen LogP contribution < -0.4 is 5.32 Å². The summed E-state index contributed by atoms with van der Waals surface area (Å²) in [6.07, 6.45) is 3.81. The van der Waals surface area contributed by atoms with E-state index < -0.39 is 5.60 Å². The fraction of sp³-hybridized carbons (Fsp3) is 0.700. The van der Waals surface area contributed by atoms with E-state index >= 15 is 0 Å². The summed E-state index contributed by atoms with van der Waals surface area (Å²) < 4.78 is 5.47. The highest BCUT2D eigenvalue weighted by atomic mass is 35.5. The largest absolute Gasteiger partial charge is 0.444 e. The number of carbonyl (C=O) groups is 2. The van der Waals surface area contributed by atoms with E-state index in [1.54, 1.807) is 18.0 Å². The van der Waals surface area contributed by atoms with Gasteiger partial charge in [-0.2, -0.15) is 0 Å². The molecule has 3 rings (SSSR count). The highest BCUT2D eigenvalue weighted by molar-refractivity contribution is 6.31. The predicted octanol–water partition coefficient (Wildman–Crippen LogP) is 3.28. The zero-order valence-electron chi connectivity index (χ0n) is 17.6. The van der Waals surface area contributed by atoms with E-state index in [0.717, 1.165) is 38.0 Å². The number of carbonyl (C=O) groups excluding carboxylic acids is 2. The summed E-state index contributed by atoms with van der Waals surface area (Å²) in [6.45, 7) is 9.80. The number of nitrogens with one attached hydrogen (secondary N) is 1. The van der Waals surface area contributed by atoms with Crippen LogP contribution in [0.1, 0.15) is 58.6 Å². The Labute approximate surface area is 177 Å². The molecule has 0 aliphatic carbocycles. The third-order valence-corrected chi connectivity index (χ3v) is 5.56. The smallest absolute Gasteiger partial charge is 0.410 e. The molecule has 2 aliphatic rings. The van der Waals surface area contributed by atoms with Gasteiger partial charge in [-0.15, -0.1) is 0 Å². The summed E-state index contributed by atoms with van der Waals surface area (Å²) >= 11 is 6.38. The molecule has 1 N–H and O–H groups in total. The van der Waals surface area contributed by atoms with E-state index in [1.807, 2.05) is 25.7 Å². The average Bonchev–Trinajstić information content (AvgIpc) is 3.12. The van der Waals surface area contributed by atoms with Crippen molar-refractivity contribution >= 4 is 29.5 Å². The number of aromatic nitrogens is 2. The molecule has 8 nitrogen and oxygen atoms in total. The molecule has 29 heavy (non-hydrogen) atoms. The maximum atomic E-state index is 12.3. The van der Waals surface area contributed by atoms with Gasteiger partial charge in [0, 0.05) is 45.1 Å². The molecule has 1 atom stereocenters. The van der Waals surface area contributed by atoms with Crippen LogP contribution in [0.2, 0.25) is 5.02 Å². The van der Waals surface area contributed by atoms with Gasteiger partial charge >= 0.3 is 6.09 Å². The van der Waals surface area contributed by atoms with Crippen molar-refractivity contribution < 1.29 is 14.3 Å². The van der Waals surface area contributed by atoms with Crippen molar-refractivity contribution in [1.82, 2.24) is 19.8 Å². The van der Waals surface area contributed by atoms with E-state index in [9.17, 15) is 9.59 Å². The number of hydrogen-bond acceptors (Lipinski definition) is 6. The lowest BCUT2D eigenvalue weighted by molar-refractivity contribution is -0.129.